The van der Waals surface area contributed by atoms with Crippen molar-refractivity contribution in [2.24, 2.45) is 5.41 Å². The molecule has 0 bridgehead atoms. The highest BCUT2D eigenvalue weighted by Crippen LogP contribution is 2.39. The molecule has 190 valence electrons. The number of rotatable bonds is 7. The zero-order chi connectivity index (χ0) is 25.8. The molecule has 0 spiro atoms. The van der Waals surface area contributed by atoms with E-state index < -0.39 is 5.60 Å². The van der Waals surface area contributed by atoms with E-state index in [-0.39, 0.29) is 5.41 Å². The van der Waals surface area contributed by atoms with E-state index in [0.29, 0.717) is 12.5 Å². The van der Waals surface area contributed by atoms with Gasteiger partial charge in [0, 0.05) is 36.0 Å². The molecule has 0 saturated carbocycles. The van der Waals surface area contributed by atoms with Gasteiger partial charge in [-0.25, -0.2) is 0 Å². The molecule has 0 fully saturated rings. The van der Waals surface area contributed by atoms with Crippen LogP contribution in [0.5, 0.6) is 0 Å². The summed E-state index contributed by atoms with van der Waals surface area (Å²) in [7, 11) is 2.18. The van der Waals surface area contributed by atoms with Gasteiger partial charge in [0.1, 0.15) is 17.7 Å². The van der Waals surface area contributed by atoms with Crippen molar-refractivity contribution >= 4 is 32.5 Å². The van der Waals surface area contributed by atoms with E-state index in [9.17, 15) is 5.11 Å². The van der Waals surface area contributed by atoms with Crippen LogP contribution in [0.1, 0.15) is 52.7 Å². The summed E-state index contributed by atoms with van der Waals surface area (Å²) in [5.74, 6) is 0. The average Bonchev–Trinajstić information content (AvgIpc) is 3.53. The summed E-state index contributed by atoms with van der Waals surface area (Å²) < 4.78 is 6.09. The van der Waals surface area contributed by atoms with Gasteiger partial charge in [-0.05, 0) is 62.6 Å². The number of nitrogens with one attached hydrogen (secondary N) is 2. The Bertz CT molecular complexity index is 1490. The van der Waals surface area contributed by atoms with E-state index in [2.05, 4.69) is 84.2 Å². The highest BCUT2D eigenvalue weighted by molar-refractivity contribution is 7.22. The van der Waals surface area contributed by atoms with Gasteiger partial charge in [-0.2, -0.15) is 5.10 Å². The van der Waals surface area contributed by atoms with Crippen molar-refractivity contribution in [2.75, 3.05) is 7.05 Å². The number of aromatic nitrogens is 4. The SMILES string of the molecule is CC(N(C)Cc1cc(CC(C)(C)O)c2cc(-c3n[nH]c4cc(-c5ccon5)sc34)[nH]c2c1)C(C)(C)C. The largest absolute Gasteiger partial charge is 0.390 e. The Kier molecular flexibility index (Phi) is 6.09. The van der Waals surface area contributed by atoms with Crippen molar-refractivity contribution in [3.63, 3.8) is 0 Å². The van der Waals surface area contributed by atoms with Crippen LogP contribution in [0.3, 0.4) is 0 Å². The summed E-state index contributed by atoms with van der Waals surface area (Å²) in [6.07, 6.45) is 2.15. The highest BCUT2D eigenvalue weighted by atomic mass is 32.1. The molecule has 8 heteroatoms. The first-order chi connectivity index (χ1) is 16.9. The maximum Gasteiger partial charge on any atom is 0.126 e. The van der Waals surface area contributed by atoms with Crippen LogP contribution in [0.4, 0.5) is 0 Å². The Labute approximate surface area is 215 Å². The van der Waals surface area contributed by atoms with Crippen molar-refractivity contribution in [1.29, 1.82) is 0 Å². The van der Waals surface area contributed by atoms with Gasteiger partial charge in [0.2, 0.25) is 0 Å². The topological polar surface area (TPSA) is 94.0 Å². The maximum atomic E-state index is 10.7. The monoisotopic (exact) mass is 505 g/mol. The molecule has 0 amide bonds. The Morgan fingerprint density at radius 1 is 1.11 bits per heavy atom. The van der Waals surface area contributed by atoms with Gasteiger partial charge in [0.25, 0.3) is 0 Å². The summed E-state index contributed by atoms with van der Waals surface area (Å²) in [5.41, 5.74) is 6.42. The number of aromatic amines is 2. The number of nitrogens with zero attached hydrogens (tertiary/aromatic N) is 3. The van der Waals surface area contributed by atoms with Gasteiger partial charge in [0.05, 0.1) is 26.4 Å². The molecular formula is C28H35N5O2S. The molecule has 1 aromatic carbocycles. The lowest BCUT2D eigenvalue weighted by molar-refractivity contribution is 0.0813. The molecule has 0 saturated heterocycles. The fourth-order valence-electron chi connectivity index (χ4n) is 4.76. The molecule has 5 aromatic rings. The summed E-state index contributed by atoms with van der Waals surface area (Å²) >= 11 is 1.64. The van der Waals surface area contributed by atoms with Gasteiger partial charge in [-0.15, -0.1) is 11.3 Å². The predicted octanol–water partition coefficient (Wildman–Crippen LogP) is 6.61. The summed E-state index contributed by atoms with van der Waals surface area (Å²) in [4.78, 5) is 7.05. The molecule has 0 radical (unpaired) electrons. The zero-order valence-corrected chi connectivity index (χ0v) is 22.9. The Balaban J connectivity index is 1.56. The van der Waals surface area contributed by atoms with E-state index in [0.717, 1.165) is 55.2 Å². The fourth-order valence-corrected chi connectivity index (χ4v) is 5.83. The molecule has 7 nitrogen and oxygen atoms in total. The Morgan fingerprint density at radius 2 is 1.89 bits per heavy atom. The standard InChI is InChI=1S/C28H35N5O2S/c1-16(27(2,3)4)33(7)15-17-10-18(14-28(5,6)34)19-12-22(29-21(19)11-17)25-26-23(30-31-25)13-24(36-26)20-8-9-35-32-20/h8-13,16,29,34H,14-15H2,1-7H3,(H,30,31). The van der Waals surface area contributed by atoms with Crippen LogP contribution >= 0.6 is 11.3 Å². The molecule has 1 atom stereocenters. The molecule has 0 aliphatic carbocycles. The minimum atomic E-state index is -0.812. The molecular weight excluding hydrogens is 470 g/mol. The second-order valence-corrected chi connectivity index (χ2v) is 12.7. The normalized spacial score (nSPS) is 13.9. The third-order valence-corrected chi connectivity index (χ3v) is 8.20. The first-order valence-corrected chi connectivity index (χ1v) is 13.2. The smallest absolute Gasteiger partial charge is 0.126 e. The molecule has 4 aromatic heterocycles. The fraction of sp³-hybridized carbons (Fsp3) is 0.429. The van der Waals surface area contributed by atoms with Crippen LogP contribution in [0.25, 0.3) is 43.1 Å². The van der Waals surface area contributed by atoms with Gasteiger partial charge >= 0.3 is 0 Å². The van der Waals surface area contributed by atoms with Gasteiger partial charge < -0.3 is 14.6 Å². The van der Waals surface area contributed by atoms with E-state index in [1.165, 1.54) is 5.56 Å². The van der Waals surface area contributed by atoms with Crippen molar-refractivity contribution in [3.8, 4) is 22.0 Å². The predicted molar refractivity (Wildman–Crippen MR) is 147 cm³/mol. The quantitative estimate of drug-likeness (QED) is 0.231. The maximum absolute atomic E-state index is 10.7. The number of thiophene rings is 1. The molecule has 0 aliphatic rings. The van der Waals surface area contributed by atoms with Gasteiger partial charge in [-0.1, -0.05) is 32.0 Å². The average molecular weight is 506 g/mol. The molecule has 3 N–H and O–H groups in total. The molecule has 36 heavy (non-hydrogen) atoms. The molecule has 1 unspecified atom stereocenters. The second kappa shape index (κ2) is 8.87. The third-order valence-electron chi connectivity index (χ3n) is 7.03. The van der Waals surface area contributed by atoms with Crippen LogP contribution in [0, 0.1) is 5.41 Å². The second-order valence-electron chi connectivity index (χ2n) is 11.7. The van der Waals surface area contributed by atoms with Crippen LogP contribution in [0.15, 0.2) is 41.1 Å². The molecule has 0 aliphatic heterocycles. The van der Waals surface area contributed by atoms with Crippen molar-refractivity contribution in [1.82, 2.24) is 25.2 Å². The Hall–Kier alpha value is -2.94. The zero-order valence-electron chi connectivity index (χ0n) is 22.1. The minimum Gasteiger partial charge on any atom is -0.390 e. The third kappa shape index (κ3) is 4.85. The minimum absolute atomic E-state index is 0.186. The van der Waals surface area contributed by atoms with Gasteiger partial charge in [-0.3, -0.25) is 10.00 Å². The molecule has 4 heterocycles. The van der Waals surface area contributed by atoms with Crippen molar-refractivity contribution in [2.45, 2.75) is 66.2 Å². The number of fused-ring (bicyclic) bond motifs is 2. The van der Waals surface area contributed by atoms with E-state index >= 15 is 0 Å². The lowest BCUT2D eigenvalue weighted by atomic mass is 9.87. The summed E-state index contributed by atoms with van der Waals surface area (Å²) in [6.45, 7) is 13.7. The number of hydrogen-bond donors (Lipinski definition) is 3. The number of benzene rings is 1. The number of hydrogen-bond acceptors (Lipinski definition) is 6. The number of H-pyrrole nitrogens is 2. The van der Waals surface area contributed by atoms with Crippen molar-refractivity contribution in [3.05, 3.63) is 47.7 Å². The first-order valence-electron chi connectivity index (χ1n) is 12.4. The summed E-state index contributed by atoms with van der Waals surface area (Å²) in [5, 5.41) is 23.6. The number of aliphatic hydroxyl groups is 1. The Morgan fingerprint density at radius 3 is 2.56 bits per heavy atom. The van der Waals surface area contributed by atoms with E-state index in [1.807, 2.05) is 19.9 Å². The summed E-state index contributed by atoms with van der Waals surface area (Å²) in [6, 6.07) is 11.0. The van der Waals surface area contributed by atoms with Crippen LogP contribution in [-0.4, -0.2) is 49.0 Å². The van der Waals surface area contributed by atoms with Crippen LogP contribution in [-0.2, 0) is 13.0 Å². The molecule has 5 rings (SSSR count). The van der Waals surface area contributed by atoms with E-state index in [1.54, 1.807) is 17.6 Å². The van der Waals surface area contributed by atoms with Crippen LogP contribution < -0.4 is 0 Å². The van der Waals surface area contributed by atoms with Crippen LogP contribution in [0.2, 0.25) is 0 Å². The highest BCUT2D eigenvalue weighted by Gasteiger charge is 2.25. The lowest BCUT2D eigenvalue weighted by Gasteiger charge is -2.35. The van der Waals surface area contributed by atoms with Gasteiger partial charge in [0.15, 0.2) is 0 Å². The van der Waals surface area contributed by atoms with Crippen molar-refractivity contribution < 1.29 is 9.63 Å². The first kappa shape index (κ1) is 24.7. The van der Waals surface area contributed by atoms with E-state index in [4.69, 9.17) is 4.52 Å². The lowest BCUT2D eigenvalue weighted by Crippen LogP contribution is -2.38.